The zero-order chi connectivity index (χ0) is 17.6. The number of alkyl halides is 3. The number of nitrogens with two attached hydrogens (primary N) is 1. The lowest BCUT2D eigenvalue weighted by atomic mass is 10.2. The number of hydrogen-bond acceptors (Lipinski definition) is 5. The highest BCUT2D eigenvalue weighted by Gasteiger charge is 2.38. The van der Waals surface area contributed by atoms with Gasteiger partial charge in [0.15, 0.2) is 5.65 Å². The first-order chi connectivity index (χ1) is 11.9. The van der Waals surface area contributed by atoms with Crippen molar-refractivity contribution in [3.8, 4) is 0 Å². The molecule has 4 aromatic rings. The van der Waals surface area contributed by atoms with Crippen molar-refractivity contribution in [2.24, 2.45) is 0 Å². The molecule has 2 aromatic heterocycles. The van der Waals surface area contributed by atoms with Crippen LogP contribution in [0.15, 0.2) is 58.5 Å². The standard InChI is InChI=1S/C16H10F3N5S/c17-16(18,19)15-23-22-13-14(25-10-4-2-1-3-5-10)21-11-8-9(20)6-7-12(11)24(13)15/h1-8H,20H2. The first-order valence-electron chi connectivity index (χ1n) is 7.18. The molecule has 126 valence electrons. The molecule has 0 aliphatic heterocycles. The molecular weight excluding hydrogens is 351 g/mol. The fourth-order valence-corrected chi connectivity index (χ4v) is 3.37. The number of nitrogens with zero attached hydrogens (tertiary/aromatic N) is 4. The zero-order valence-corrected chi connectivity index (χ0v) is 13.3. The van der Waals surface area contributed by atoms with E-state index >= 15 is 0 Å². The van der Waals surface area contributed by atoms with Gasteiger partial charge in [-0.3, -0.25) is 4.40 Å². The number of benzene rings is 2. The van der Waals surface area contributed by atoms with Crippen LogP contribution in [-0.2, 0) is 6.18 Å². The second kappa shape index (κ2) is 5.62. The van der Waals surface area contributed by atoms with Crippen LogP contribution in [0.3, 0.4) is 0 Å². The van der Waals surface area contributed by atoms with E-state index < -0.39 is 12.0 Å². The van der Waals surface area contributed by atoms with Crippen LogP contribution in [0.2, 0.25) is 0 Å². The average molecular weight is 361 g/mol. The Labute approximate surface area is 143 Å². The molecule has 2 N–H and O–H groups in total. The molecule has 0 saturated carbocycles. The van der Waals surface area contributed by atoms with Crippen molar-refractivity contribution in [1.82, 2.24) is 19.6 Å². The summed E-state index contributed by atoms with van der Waals surface area (Å²) in [6, 6.07) is 13.7. The number of nitrogen functional groups attached to an aromatic ring is 1. The van der Waals surface area contributed by atoms with Crippen LogP contribution in [0.1, 0.15) is 5.82 Å². The molecular formula is C16H10F3N5S. The van der Waals surface area contributed by atoms with Crippen molar-refractivity contribution in [3.63, 3.8) is 0 Å². The van der Waals surface area contributed by atoms with E-state index in [9.17, 15) is 13.2 Å². The fraction of sp³-hybridized carbons (Fsp3) is 0.0625. The SMILES string of the molecule is Nc1ccc2c(c1)nc(Sc1ccccc1)c1nnc(C(F)(F)F)n12. The molecule has 0 saturated heterocycles. The molecule has 0 amide bonds. The van der Waals surface area contributed by atoms with Gasteiger partial charge < -0.3 is 5.73 Å². The molecule has 0 unspecified atom stereocenters. The Kier molecular flexibility index (Phi) is 3.53. The van der Waals surface area contributed by atoms with Gasteiger partial charge in [-0.05, 0) is 30.3 Å². The highest BCUT2D eigenvalue weighted by molar-refractivity contribution is 7.99. The van der Waals surface area contributed by atoms with Gasteiger partial charge in [0.1, 0.15) is 5.03 Å². The minimum atomic E-state index is -4.64. The summed E-state index contributed by atoms with van der Waals surface area (Å²) in [6.07, 6.45) is -4.64. The summed E-state index contributed by atoms with van der Waals surface area (Å²) in [5, 5.41) is 7.40. The van der Waals surface area contributed by atoms with Gasteiger partial charge in [0.05, 0.1) is 11.0 Å². The highest BCUT2D eigenvalue weighted by atomic mass is 32.2. The molecule has 9 heteroatoms. The smallest absolute Gasteiger partial charge is 0.399 e. The molecule has 0 fully saturated rings. The van der Waals surface area contributed by atoms with E-state index in [0.717, 1.165) is 9.30 Å². The van der Waals surface area contributed by atoms with Crippen LogP contribution >= 0.6 is 11.8 Å². The van der Waals surface area contributed by atoms with Crippen molar-refractivity contribution in [1.29, 1.82) is 0 Å². The Hall–Kier alpha value is -2.81. The van der Waals surface area contributed by atoms with E-state index in [-0.39, 0.29) is 11.2 Å². The van der Waals surface area contributed by atoms with E-state index in [1.807, 2.05) is 30.3 Å². The van der Waals surface area contributed by atoms with Crippen LogP contribution in [0.4, 0.5) is 18.9 Å². The van der Waals surface area contributed by atoms with E-state index in [2.05, 4.69) is 15.2 Å². The number of halogens is 3. The lowest BCUT2D eigenvalue weighted by Crippen LogP contribution is -2.11. The number of rotatable bonds is 2. The predicted octanol–water partition coefficient (Wildman–Crippen LogP) is 4.03. The predicted molar refractivity (Wildman–Crippen MR) is 88.3 cm³/mol. The van der Waals surface area contributed by atoms with Crippen molar-refractivity contribution < 1.29 is 13.2 Å². The highest BCUT2D eigenvalue weighted by Crippen LogP contribution is 2.35. The largest absolute Gasteiger partial charge is 0.452 e. The maximum atomic E-state index is 13.3. The zero-order valence-electron chi connectivity index (χ0n) is 12.5. The summed E-state index contributed by atoms with van der Waals surface area (Å²) >= 11 is 1.22. The summed E-state index contributed by atoms with van der Waals surface area (Å²) in [6.45, 7) is 0. The first kappa shape index (κ1) is 15.7. The topological polar surface area (TPSA) is 69.1 Å². The van der Waals surface area contributed by atoms with Crippen molar-refractivity contribution in [3.05, 3.63) is 54.4 Å². The molecule has 0 spiro atoms. The molecule has 25 heavy (non-hydrogen) atoms. The molecule has 4 rings (SSSR count). The number of fused-ring (bicyclic) bond motifs is 3. The van der Waals surface area contributed by atoms with E-state index in [1.54, 1.807) is 0 Å². The number of hydrogen-bond donors (Lipinski definition) is 1. The van der Waals surface area contributed by atoms with Gasteiger partial charge in [-0.2, -0.15) is 13.2 Å². The normalized spacial score (nSPS) is 12.1. The van der Waals surface area contributed by atoms with Crippen LogP contribution in [0, 0.1) is 0 Å². The van der Waals surface area contributed by atoms with Crippen molar-refractivity contribution >= 4 is 34.1 Å². The van der Waals surface area contributed by atoms with Crippen LogP contribution in [0.5, 0.6) is 0 Å². The molecule has 0 radical (unpaired) electrons. The van der Waals surface area contributed by atoms with Gasteiger partial charge in [0, 0.05) is 10.6 Å². The summed E-state index contributed by atoms with van der Waals surface area (Å²) in [5.41, 5.74) is 6.82. The molecule has 0 aliphatic carbocycles. The van der Waals surface area contributed by atoms with Gasteiger partial charge in [-0.25, -0.2) is 4.98 Å². The van der Waals surface area contributed by atoms with Gasteiger partial charge in [0.25, 0.3) is 0 Å². The average Bonchev–Trinajstić information content (AvgIpc) is 3.01. The maximum absolute atomic E-state index is 13.3. The van der Waals surface area contributed by atoms with Crippen LogP contribution < -0.4 is 5.73 Å². The molecule has 5 nitrogen and oxygen atoms in total. The molecule has 2 aromatic carbocycles. The van der Waals surface area contributed by atoms with Crippen molar-refractivity contribution in [2.45, 2.75) is 16.1 Å². The minimum absolute atomic E-state index is 0.0541. The Morgan fingerprint density at radius 2 is 1.76 bits per heavy atom. The Morgan fingerprint density at radius 1 is 1.00 bits per heavy atom. The van der Waals surface area contributed by atoms with Crippen LogP contribution in [0.25, 0.3) is 16.7 Å². The quantitative estimate of drug-likeness (QED) is 0.546. The second-order valence-corrected chi connectivity index (χ2v) is 6.32. The summed E-state index contributed by atoms with van der Waals surface area (Å²) in [5.74, 6) is -1.09. The Morgan fingerprint density at radius 3 is 2.48 bits per heavy atom. The van der Waals surface area contributed by atoms with Crippen molar-refractivity contribution in [2.75, 3.05) is 5.73 Å². The van der Waals surface area contributed by atoms with Gasteiger partial charge in [-0.15, -0.1) is 10.2 Å². The monoisotopic (exact) mass is 361 g/mol. The first-order valence-corrected chi connectivity index (χ1v) is 7.99. The van der Waals surface area contributed by atoms with E-state index in [1.165, 1.54) is 30.0 Å². The lowest BCUT2D eigenvalue weighted by Gasteiger charge is -2.10. The van der Waals surface area contributed by atoms with E-state index in [4.69, 9.17) is 5.73 Å². The molecule has 0 aliphatic rings. The number of aromatic nitrogens is 4. The van der Waals surface area contributed by atoms with Gasteiger partial charge >= 0.3 is 6.18 Å². The fourth-order valence-electron chi connectivity index (χ4n) is 2.48. The maximum Gasteiger partial charge on any atom is 0.452 e. The second-order valence-electron chi connectivity index (χ2n) is 5.26. The molecule has 0 bridgehead atoms. The summed E-state index contributed by atoms with van der Waals surface area (Å²) in [4.78, 5) is 5.28. The van der Waals surface area contributed by atoms with Gasteiger partial charge in [-0.1, -0.05) is 30.0 Å². The Bertz CT molecular complexity index is 1080. The lowest BCUT2D eigenvalue weighted by molar-refractivity contribution is -0.145. The number of anilines is 1. The summed E-state index contributed by atoms with van der Waals surface area (Å²) < 4.78 is 41.0. The third kappa shape index (κ3) is 2.76. The minimum Gasteiger partial charge on any atom is -0.399 e. The molecule has 2 heterocycles. The van der Waals surface area contributed by atoms with Crippen LogP contribution in [-0.4, -0.2) is 19.6 Å². The van der Waals surface area contributed by atoms with Gasteiger partial charge in [0.2, 0.25) is 5.82 Å². The summed E-state index contributed by atoms with van der Waals surface area (Å²) in [7, 11) is 0. The third-order valence-electron chi connectivity index (χ3n) is 3.53. The van der Waals surface area contributed by atoms with E-state index in [0.29, 0.717) is 16.2 Å². The molecule has 0 atom stereocenters. The third-order valence-corrected chi connectivity index (χ3v) is 4.50. The Balaban J connectivity index is 2.03.